The second kappa shape index (κ2) is 14.1. The molecule has 208 valence electrons. The number of aromatic nitrogens is 2. The van der Waals surface area contributed by atoms with Crippen molar-refractivity contribution in [3.05, 3.63) is 47.5 Å². The summed E-state index contributed by atoms with van der Waals surface area (Å²) in [6.45, 7) is 2.80. The molecule has 0 spiro atoms. The van der Waals surface area contributed by atoms with Crippen LogP contribution in [0.4, 0.5) is 5.13 Å². The number of Topliss-reactive ketones (excluding diaryl/α,β-unsaturated/α-hetero) is 1. The molecule has 1 aromatic carbocycles. The average Bonchev–Trinajstić information content (AvgIpc) is 3.58. The molecule has 1 saturated heterocycles. The Kier molecular flexibility index (Phi) is 10.3. The SMILES string of the molecule is COCCCC(=O)c1ccc(/C(=N/O[C@@H]2CCOC2)C(=O)Nc2nc3ccc(OCCN(C)C)nc3s2)cc1. The Morgan fingerprint density at radius 1 is 1.13 bits per heavy atom. The van der Waals surface area contributed by atoms with Gasteiger partial charge in [0.2, 0.25) is 5.88 Å². The zero-order valence-electron chi connectivity index (χ0n) is 22.3. The van der Waals surface area contributed by atoms with Gasteiger partial charge in [-0.15, -0.1) is 0 Å². The minimum atomic E-state index is -0.491. The maximum atomic E-state index is 13.3. The summed E-state index contributed by atoms with van der Waals surface area (Å²) in [6, 6.07) is 10.3. The van der Waals surface area contributed by atoms with Gasteiger partial charge < -0.3 is 23.9 Å². The molecule has 4 rings (SSSR count). The van der Waals surface area contributed by atoms with Crippen molar-refractivity contribution < 1.29 is 28.6 Å². The molecular formula is C27H33N5O6S. The normalized spacial score (nSPS) is 15.6. The first-order valence-corrected chi connectivity index (χ1v) is 13.5. The van der Waals surface area contributed by atoms with Gasteiger partial charge in [-0.25, -0.2) is 9.97 Å². The molecule has 0 bridgehead atoms. The third kappa shape index (κ3) is 8.27. The van der Waals surface area contributed by atoms with Gasteiger partial charge in [0.25, 0.3) is 5.91 Å². The first-order chi connectivity index (χ1) is 18.9. The van der Waals surface area contributed by atoms with Crippen LogP contribution in [0.1, 0.15) is 35.2 Å². The Morgan fingerprint density at radius 2 is 1.92 bits per heavy atom. The molecule has 1 aliphatic heterocycles. The molecular weight excluding hydrogens is 522 g/mol. The van der Waals surface area contributed by atoms with Crippen LogP contribution in [0.5, 0.6) is 5.88 Å². The molecule has 11 nitrogen and oxygen atoms in total. The molecule has 0 aliphatic carbocycles. The van der Waals surface area contributed by atoms with Crippen LogP contribution < -0.4 is 10.1 Å². The van der Waals surface area contributed by atoms with Crippen LogP contribution in [0.2, 0.25) is 0 Å². The Bertz CT molecular complexity index is 1290. The Hall–Kier alpha value is -3.45. The van der Waals surface area contributed by atoms with Crippen LogP contribution in [0.15, 0.2) is 41.6 Å². The van der Waals surface area contributed by atoms with E-state index in [1.54, 1.807) is 43.5 Å². The van der Waals surface area contributed by atoms with Crippen LogP contribution in [0.25, 0.3) is 10.3 Å². The lowest BCUT2D eigenvalue weighted by Crippen LogP contribution is -2.25. The van der Waals surface area contributed by atoms with Crippen LogP contribution in [-0.4, -0.2) is 92.6 Å². The summed E-state index contributed by atoms with van der Waals surface area (Å²) in [5.41, 5.74) is 1.78. The van der Waals surface area contributed by atoms with Gasteiger partial charge in [-0.1, -0.05) is 40.8 Å². The number of methoxy groups -OCH3 is 1. The molecule has 1 N–H and O–H groups in total. The van der Waals surface area contributed by atoms with E-state index in [-0.39, 0.29) is 17.6 Å². The van der Waals surface area contributed by atoms with Crippen molar-refractivity contribution in [1.82, 2.24) is 14.9 Å². The Labute approximate surface area is 231 Å². The molecule has 0 unspecified atom stereocenters. The molecule has 2 aromatic heterocycles. The van der Waals surface area contributed by atoms with Crippen molar-refractivity contribution in [2.24, 2.45) is 5.16 Å². The molecule has 12 heteroatoms. The van der Waals surface area contributed by atoms with Gasteiger partial charge in [-0.05, 0) is 26.6 Å². The number of carbonyl (C=O) groups excluding carboxylic acids is 2. The highest BCUT2D eigenvalue weighted by Crippen LogP contribution is 2.26. The van der Waals surface area contributed by atoms with Gasteiger partial charge in [0.1, 0.15) is 17.0 Å². The number of anilines is 1. The van der Waals surface area contributed by atoms with Crippen molar-refractivity contribution >= 4 is 44.2 Å². The topological polar surface area (TPSA) is 124 Å². The number of ketones is 1. The van der Waals surface area contributed by atoms with Gasteiger partial charge in [-0.2, -0.15) is 0 Å². The minimum Gasteiger partial charge on any atom is -0.476 e. The highest BCUT2D eigenvalue weighted by Gasteiger charge is 2.22. The van der Waals surface area contributed by atoms with Crippen molar-refractivity contribution in [2.75, 3.05) is 59.5 Å². The lowest BCUT2D eigenvalue weighted by molar-refractivity contribution is -0.110. The highest BCUT2D eigenvalue weighted by atomic mass is 32.1. The first kappa shape index (κ1) is 28.6. The second-order valence-corrected chi connectivity index (χ2v) is 10.2. The number of carbonyl (C=O) groups is 2. The van der Waals surface area contributed by atoms with Crippen molar-refractivity contribution in [3.63, 3.8) is 0 Å². The Balaban J connectivity index is 1.49. The van der Waals surface area contributed by atoms with E-state index >= 15 is 0 Å². The highest BCUT2D eigenvalue weighted by molar-refractivity contribution is 7.22. The number of fused-ring (bicyclic) bond motifs is 1. The smallest absolute Gasteiger partial charge is 0.280 e. The first-order valence-electron chi connectivity index (χ1n) is 12.7. The van der Waals surface area contributed by atoms with Gasteiger partial charge in [0.15, 0.2) is 22.7 Å². The van der Waals surface area contributed by atoms with Crippen LogP contribution in [0, 0.1) is 0 Å². The maximum absolute atomic E-state index is 13.3. The number of oxime groups is 1. The van der Waals surface area contributed by atoms with E-state index < -0.39 is 5.91 Å². The number of likely N-dealkylation sites (N-methyl/N-ethyl adjacent to an activating group) is 1. The number of thiazole rings is 1. The number of ether oxygens (including phenoxy) is 3. The number of benzene rings is 1. The van der Waals surface area contributed by atoms with E-state index in [1.807, 2.05) is 19.0 Å². The van der Waals surface area contributed by atoms with Crippen molar-refractivity contribution in [1.29, 1.82) is 0 Å². The largest absolute Gasteiger partial charge is 0.476 e. The van der Waals surface area contributed by atoms with E-state index in [1.165, 1.54) is 11.3 Å². The number of hydrogen-bond donors (Lipinski definition) is 1. The van der Waals surface area contributed by atoms with Crippen LogP contribution in [-0.2, 0) is 19.1 Å². The van der Waals surface area contributed by atoms with Gasteiger partial charge in [0, 0.05) is 50.3 Å². The summed E-state index contributed by atoms with van der Waals surface area (Å²) in [6.07, 6.45) is 1.49. The molecule has 1 amide bonds. The number of nitrogens with zero attached hydrogens (tertiary/aromatic N) is 4. The maximum Gasteiger partial charge on any atom is 0.280 e. The summed E-state index contributed by atoms with van der Waals surface area (Å²) in [7, 11) is 5.55. The molecule has 3 heterocycles. The summed E-state index contributed by atoms with van der Waals surface area (Å²) in [5.74, 6) is 0.0136. The fourth-order valence-electron chi connectivity index (χ4n) is 3.71. The van der Waals surface area contributed by atoms with E-state index in [0.29, 0.717) is 78.2 Å². The molecule has 1 aliphatic rings. The van der Waals surface area contributed by atoms with Crippen LogP contribution in [0.3, 0.4) is 0 Å². The number of rotatable bonds is 14. The zero-order valence-corrected chi connectivity index (χ0v) is 23.2. The van der Waals surface area contributed by atoms with E-state index in [0.717, 1.165) is 6.54 Å². The molecule has 0 radical (unpaired) electrons. The molecule has 1 fully saturated rings. The Morgan fingerprint density at radius 3 is 2.64 bits per heavy atom. The van der Waals surface area contributed by atoms with Gasteiger partial charge in [0.05, 0.1) is 13.2 Å². The average molecular weight is 556 g/mol. The molecule has 1 atom stereocenters. The van der Waals surface area contributed by atoms with Gasteiger partial charge >= 0.3 is 0 Å². The predicted octanol–water partition coefficient (Wildman–Crippen LogP) is 3.39. The second-order valence-electron chi connectivity index (χ2n) is 9.23. The number of amides is 1. The van der Waals surface area contributed by atoms with Crippen molar-refractivity contribution in [2.45, 2.75) is 25.4 Å². The van der Waals surface area contributed by atoms with E-state index in [2.05, 4.69) is 20.4 Å². The lowest BCUT2D eigenvalue weighted by Gasteiger charge is -2.10. The lowest BCUT2D eigenvalue weighted by atomic mass is 10.0. The number of pyridine rings is 1. The third-order valence-corrected chi connectivity index (χ3v) is 6.75. The summed E-state index contributed by atoms with van der Waals surface area (Å²) < 4.78 is 16.1. The van der Waals surface area contributed by atoms with Crippen LogP contribution >= 0.6 is 11.3 Å². The standard InChI is InChI=1S/C27H33N5O6S/c1-32(2)13-16-37-23-11-10-21-26(29-23)39-27(28-21)30-25(34)24(31-38-20-12-15-36-17-20)19-8-6-18(7-9-19)22(33)5-4-14-35-3/h6-11,20H,4-5,12-17H2,1-3H3,(H,28,30,34)/b31-24-/t20-/m1/s1. The van der Waals surface area contributed by atoms with E-state index in [9.17, 15) is 9.59 Å². The zero-order chi connectivity index (χ0) is 27.6. The molecule has 3 aromatic rings. The van der Waals surface area contributed by atoms with E-state index in [4.69, 9.17) is 19.0 Å². The van der Waals surface area contributed by atoms with Gasteiger partial charge in [-0.3, -0.25) is 14.9 Å². The number of hydrogen-bond acceptors (Lipinski definition) is 11. The summed E-state index contributed by atoms with van der Waals surface area (Å²) in [4.78, 5) is 43.1. The molecule has 39 heavy (non-hydrogen) atoms. The fraction of sp³-hybridized carbons (Fsp3) is 0.444. The predicted molar refractivity (Wildman–Crippen MR) is 149 cm³/mol. The number of nitrogens with one attached hydrogen (secondary N) is 1. The quantitative estimate of drug-likeness (QED) is 0.138. The third-order valence-electron chi connectivity index (χ3n) is 5.87. The van der Waals surface area contributed by atoms with Crippen molar-refractivity contribution in [3.8, 4) is 5.88 Å². The summed E-state index contributed by atoms with van der Waals surface area (Å²) in [5, 5.41) is 7.37. The minimum absolute atomic E-state index is 0.00735. The monoisotopic (exact) mass is 555 g/mol. The fourth-order valence-corrected chi connectivity index (χ4v) is 4.53. The summed E-state index contributed by atoms with van der Waals surface area (Å²) >= 11 is 1.24. The molecule has 0 saturated carbocycles.